The second kappa shape index (κ2) is 5.83. The van der Waals surface area contributed by atoms with Gasteiger partial charge in [-0.3, -0.25) is 9.59 Å². The molecule has 0 radical (unpaired) electrons. The van der Waals surface area contributed by atoms with E-state index in [4.69, 9.17) is 16.3 Å². The smallest absolute Gasteiger partial charge is 0.262 e. The average Bonchev–Trinajstić information content (AvgIpc) is 2.96. The van der Waals surface area contributed by atoms with E-state index in [0.717, 1.165) is 23.4 Å². The molecule has 1 atom stereocenters. The summed E-state index contributed by atoms with van der Waals surface area (Å²) in [5, 5.41) is 6.49. The molecule has 5 nitrogen and oxygen atoms in total. The number of ether oxygens (including phenoxy) is 1. The predicted molar refractivity (Wildman–Crippen MR) is 90.5 cm³/mol. The molecule has 0 saturated heterocycles. The molecule has 1 aliphatic carbocycles. The molecular weight excluding hydrogens is 328 g/mol. The van der Waals surface area contributed by atoms with E-state index in [1.807, 2.05) is 18.2 Å². The minimum atomic E-state index is -0.194. The lowest BCUT2D eigenvalue weighted by Crippen LogP contribution is -2.28. The third-order valence-corrected chi connectivity index (χ3v) is 4.60. The van der Waals surface area contributed by atoms with Crippen LogP contribution in [-0.2, 0) is 11.2 Å². The van der Waals surface area contributed by atoms with Crippen LogP contribution in [0.15, 0.2) is 36.4 Å². The molecule has 2 N–H and O–H groups in total. The van der Waals surface area contributed by atoms with Gasteiger partial charge in [0.25, 0.3) is 11.8 Å². The molecule has 0 aromatic heterocycles. The van der Waals surface area contributed by atoms with E-state index in [2.05, 4.69) is 10.6 Å². The van der Waals surface area contributed by atoms with Crippen LogP contribution >= 0.6 is 11.6 Å². The summed E-state index contributed by atoms with van der Waals surface area (Å²) >= 11 is 6.02. The number of hydrogen-bond donors (Lipinski definition) is 2. The Labute approximate surface area is 144 Å². The van der Waals surface area contributed by atoms with E-state index in [0.29, 0.717) is 17.0 Å². The monoisotopic (exact) mass is 342 g/mol. The number of fused-ring (bicyclic) bond motifs is 2. The van der Waals surface area contributed by atoms with E-state index in [9.17, 15) is 9.59 Å². The first-order valence-corrected chi connectivity index (χ1v) is 8.14. The Balaban J connectivity index is 1.53. The number of carbonyl (C=O) groups is 2. The van der Waals surface area contributed by atoms with Crippen LogP contribution in [0.2, 0.25) is 5.02 Å². The number of hydrogen-bond acceptors (Lipinski definition) is 3. The lowest BCUT2D eigenvalue weighted by atomic mass is 10.1. The summed E-state index contributed by atoms with van der Waals surface area (Å²) in [6, 6.07) is 10.8. The zero-order chi connectivity index (χ0) is 16.7. The van der Waals surface area contributed by atoms with Crippen molar-refractivity contribution in [1.82, 2.24) is 5.32 Å². The quantitative estimate of drug-likeness (QED) is 0.881. The largest absolute Gasteiger partial charge is 0.482 e. The molecule has 2 aromatic carbocycles. The van der Waals surface area contributed by atoms with Crippen LogP contribution in [0.4, 0.5) is 5.69 Å². The molecule has 1 aliphatic heterocycles. The summed E-state index contributed by atoms with van der Waals surface area (Å²) in [6.45, 7) is -0.0329. The van der Waals surface area contributed by atoms with Crippen molar-refractivity contribution in [2.45, 2.75) is 18.9 Å². The van der Waals surface area contributed by atoms with Crippen LogP contribution in [0.25, 0.3) is 0 Å². The van der Waals surface area contributed by atoms with Crippen LogP contribution in [0.3, 0.4) is 0 Å². The topological polar surface area (TPSA) is 67.4 Å². The lowest BCUT2D eigenvalue weighted by molar-refractivity contribution is -0.118. The van der Waals surface area contributed by atoms with Gasteiger partial charge in [-0.05, 0) is 54.3 Å². The molecular formula is C18H15ClN2O3. The van der Waals surface area contributed by atoms with Gasteiger partial charge < -0.3 is 15.4 Å². The molecule has 0 unspecified atom stereocenters. The zero-order valence-corrected chi connectivity index (χ0v) is 13.5. The summed E-state index contributed by atoms with van der Waals surface area (Å²) in [5.74, 6) is 0.160. The Morgan fingerprint density at radius 1 is 1.25 bits per heavy atom. The third kappa shape index (κ3) is 2.71. The Hall–Kier alpha value is -2.53. The van der Waals surface area contributed by atoms with Gasteiger partial charge in [-0.2, -0.15) is 0 Å². The van der Waals surface area contributed by atoms with Gasteiger partial charge in [0.05, 0.1) is 11.7 Å². The Morgan fingerprint density at radius 2 is 2.12 bits per heavy atom. The summed E-state index contributed by atoms with van der Waals surface area (Å²) in [6.07, 6.45) is 1.76. The van der Waals surface area contributed by atoms with Crippen molar-refractivity contribution < 1.29 is 14.3 Å². The number of anilines is 1. The maximum atomic E-state index is 12.5. The van der Waals surface area contributed by atoms with Crippen LogP contribution in [0, 0.1) is 0 Å². The molecule has 0 bridgehead atoms. The molecule has 2 amide bonds. The van der Waals surface area contributed by atoms with E-state index in [-0.39, 0.29) is 24.5 Å². The maximum absolute atomic E-state index is 12.5. The second-order valence-electron chi connectivity index (χ2n) is 5.96. The van der Waals surface area contributed by atoms with Crippen molar-refractivity contribution in [1.29, 1.82) is 0 Å². The van der Waals surface area contributed by atoms with Crippen molar-refractivity contribution in [3.8, 4) is 5.75 Å². The Morgan fingerprint density at radius 3 is 3.00 bits per heavy atom. The van der Waals surface area contributed by atoms with Crippen LogP contribution in [-0.4, -0.2) is 18.4 Å². The second-order valence-corrected chi connectivity index (χ2v) is 6.39. The standard InChI is InChI=1S/C18H15ClN2O3/c19-12-3-4-13-10(7-12)1-5-14(13)21-18(23)11-2-6-15-16(8-11)24-9-17(22)20-15/h2-4,6-8,14H,1,5,9H2,(H,20,22)(H,21,23)/t14-/m0/s1. The van der Waals surface area contributed by atoms with Crippen LogP contribution < -0.4 is 15.4 Å². The molecule has 2 aromatic rings. The lowest BCUT2D eigenvalue weighted by Gasteiger charge is -2.19. The Kier molecular flexibility index (Phi) is 3.65. The number of benzene rings is 2. The van der Waals surface area contributed by atoms with Crippen molar-refractivity contribution in [2.24, 2.45) is 0 Å². The Bertz CT molecular complexity index is 850. The molecule has 0 fully saturated rings. The first kappa shape index (κ1) is 15.0. The predicted octanol–water partition coefficient (Wildman–Crippen LogP) is 3.09. The summed E-state index contributed by atoms with van der Waals surface area (Å²) in [5.41, 5.74) is 3.40. The minimum absolute atomic E-state index is 0.0126. The molecule has 4 rings (SSSR count). The van der Waals surface area contributed by atoms with Gasteiger partial charge in [0.2, 0.25) is 0 Å². The molecule has 0 saturated carbocycles. The van der Waals surface area contributed by atoms with Gasteiger partial charge in [-0.1, -0.05) is 17.7 Å². The average molecular weight is 343 g/mol. The van der Waals surface area contributed by atoms with Crippen molar-refractivity contribution in [3.63, 3.8) is 0 Å². The van der Waals surface area contributed by atoms with Crippen molar-refractivity contribution in [3.05, 3.63) is 58.1 Å². The summed E-state index contributed by atoms with van der Waals surface area (Å²) < 4.78 is 5.36. The molecule has 2 aliphatic rings. The number of rotatable bonds is 2. The molecule has 0 spiro atoms. The minimum Gasteiger partial charge on any atom is -0.482 e. The number of aryl methyl sites for hydroxylation is 1. The SMILES string of the molecule is O=C1COc2cc(C(=O)N[C@H]3CCc4cc(Cl)ccc43)ccc2N1. The third-order valence-electron chi connectivity index (χ3n) is 4.36. The van der Waals surface area contributed by atoms with E-state index in [1.54, 1.807) is 18.2 Å². The highest BCUT2D eigenvalue weighted by Gasteiger charge is 2.25. The van der Waals surface area contributed by atoms with Gasteiger partial charge in [-0.25, -0.2) is 0 Å². The van der Waals surface area contributed by atoms with E-state index < -0.39 is 0 Å². The van der Waals surface area contributed by atoms with E-state index >= 15 is 0 Å². The molecule has 1 heterocycles. The summed E-state index contributed by atoms with van der Waals surface area (Å²) in [4.78, 5) is 23.8. The van der Waals surface area contributed by atoms with Crippen LogP contribution in [0.1, 0.15) is 33.9 Å². The first-order valence-electron chi connectivity index (χ1n) is 7.76. The maximum Gasteiger partial charge on any atom is 0.262 e. The van der Waals surface area contributed by atoms with E-state index in [1.165, 1.54) is 5.56 Å². The van der Waals surface area contributed by atoms with Gasteiger partial charge >= 0.3 is 0 Å². The number of carbonyl (C=O) groups excluding carboxylic acids is 2. The van der Waals surface area contributed by atoms with Gasteiger partial charge in [0.15, 0.2) is 6.61 Å². The number of nitrogens with one attached hydrogen (secondary N) is 2. The molecule has 6 heteroatoms. The van der Waals surface area contributed by atoms with Gasteiger partial charge in [-0.15, -0.1) is 0 Å². The fourth-order valence-corrected chi connectivity index (χ4v) is 3.39. The highest BCUT2D eigenvalue weighted by molar-refractivity contribution is 6.30. The molecule has 24 heavy (non-hydrogen) atoms. The first-order chi connectivity index (χ1) is 11.6. The van der Waals surface area contributed by atoms with Crippen molar-refractivity contribution >= 4 is 29.1 Å². The summed E-state index contributed by atoms with van der Waals surface area (Å²) in [7, 11) is 0. The fraction of sp³-hybridized carbons (Fsp3) is 0.222. The zero-order valence-electron chi connectivity index (χ0n) is 12.8. The normalized spacial score (nSPS) is 18.2. The van der Waals surface area contributed by atoms with Crippen molar-refractivity contribution in [2.75, 3.05) is 11.9 Å². The number of halogens is 1. The highest BCUT2D eigenvalue weighted by Crippen LogP contribution is 2.33. The van der Waals surface area contributed by atoms with Gasteiger partial charge in [0.1, 0.15) is 5.75 Å². The van der Waals surface area contributed by atoms with Crippen LogP contribution in [0.5, 0.6) is 5.75 Å². The highest BCUT2D eigenvalue weighted by atomic mass is 35.5. The number of amides is 2. The molecule has 122 valence electrons. The van der Waals surface area contributed by atoms with Gasteiger partial charge in [0, 0.05) is 10.6 Å². The fourth-order valence-electron chi connectivity index (χ4n) is 3.19.